The van der Waals surface area contributed by atoms with E-state index < -0.39 is 0 Å². The lowest BCUT2D eigenvalue weighted by Crippen LogP contribution is -2.38. The highest BCUT2D eigenvalue weighted by Gasteiger charge is 2.33. The van der Waals surface area contributed by atoms with E-state index in [9.17, 15) is 4.79 Å². The second-order valence-corrected chi connectivity index (χ2v) is 12.2. The van der Waals surface area contributed by atoms with Crippen molar-refractivity contribution in [2.45, 2.75) is 32.4 Å². The van der Waals surface area contributed by atoms with Crippen LogP contribution >= 0.6 is 11.3 Å². The lowest BCUT2D eigenvalue weighted by Gasteiger charge is -2.31. The van der Waals surface area contributed by atoms with Gasteiger partial charge < -0.3 is 18.9 Å². The molecule has 0 saturated carbocycles. The van der Waals surface area contributed by atoms with Gasteiger partial charge in [-0.1, -0.05) is 78.1 Å². The number of benzene rings is 4. The zero-order valence-corrected chi connectivity index (χ0v) is 26.8. The van der Waals surface area contributed by atoms with Crippen LogP contribution in [-0.2, 0) is 13.0 Å². The number of fused-ring (bicyclic) bond motifs is 3. The van der Waals surface area contributed by atoms with Crippen LogP contribution in [0.1, 0.15) is 47.2 Å². The van der Waals surface area contributed by atoms with Gasteiger partial charge in [-0.15, -0.1) is 0 Å². The van der Waals surface area contributed by atoms with Crippen molar-refractivity contribution in [1.29, 1.82) is 0 Å². The number of aryl methyl sites for hydroxylation is 1. The molecule has 0 radical (unpaired) electrons. The Hall–Kier alpha value is -5.08. The molecule has 0 amide bonds. The summed E-state index contributed by atoms with van der Waals surface area (Å²) in [6, 6.07) is 29.8. The Morgan fingerprint density at radius 2 is 1.63 bits per heavy atom. The van der Waals surface area contributed by atoms with E-state index in [-0.39, 0.29) is 11.6 Å². The van der Waals surface area contributed by atoms with Crippen molar-refractivity contribution in [3.8, 4) is 23.0 Å². The monoisotopic (exact) mass is 630 g/mol. The van der Waals surface area contributed by atoms with Crippen molar-refractivity contribution < 1.29 is 18.9 Å². The Kier molecular flexibility index (Phi) is 8.20. The number of methoxy groups -OCH3 is 2. The van der Waals surface area contributed by atoms with Crippen molar-refractivity contribution in [3.63, 3.8) is 0 Å². The third kappa shape index (κ3) is 5.49. The Morgan fingerprint density at radius 3 is 2.43 bits per heavy atom. The van der Waals surface area contributed by atoms with Gasteiger partial charge in [0.1, 0.15) is 6.61 Å². The van der Waals surface area contributed by atoms with Gasteiger partial charge in [0.05, 0.1) is 37.1 Å². The van der Waals surface area contributed by atoms with E-state index in [4.69, 9.17) is 23.9 Å². The first kappa shape index (κ1) is 29.6. The van der Waals surface area contributed by atoms with E-state index in [0.717, 1.165) is 46.4 Å². The van der Waals surface area contributed by atoms with Crippen molar-refractivity contribution in [1.82, 2.24) is 4.57 Å². The number of rotatable bonds is 9. The van der Waals surface area contributed by atoms with E-state index in [1.54, 1.807) is 14.2 Å². The van der Waals surface area contributed by atoms with E-state index >= 15 is 0 Å². The number of aromatic nitrogens is 1. The molecule has 8 heteroatoms. The first-order valence-corrected chi connectivity index (χ1v) is 16.2. The molecule has 7 rings (SSSR count). The maximum absolute atomic E-state index is 14.3. The zero-order chi connectivity index (χ0) is 31.6. The zero-order valence-electron chi connectivity index (χ0n) is 26.0. The average Bonchev–Trinajstić information content (AvgIpc) is 3.40. The number of nitrogens with zero attached hydrogens (tertiary/aromatic N) is 2. The molecule has 1 atom stereocenters. The van der Waals surface area contributed by atoms with Gasteiger partial charge in [-0.2, -0.15) is 0 Å². The second-order valence-electron chi connectivity index (χ2n) is 11.1. The smallest absolute Gasteiger partial charge is 0.271 e. The molecule has 4 aromatic carbocycles. The third-order valence-corrected chi connectivity index (χ3v) is 9.38. The van der Waals surface area contributed by atoms with Gasteiger partial charge in [0, 0.05) is 5.56 Å². The molecule has 232 valence electrons. The maximum Gasteiger partial charge on any atom is 0.271 e. The van der Waals surface area contributed by atoms with Crippen LogP contribution in [0.2, 0.25) is 0 Å². The number of allylic oxidation sites excluding steroid dienone is 1. The molecule has 5 aromatic rings. The van der Waals surface area contributed by atoms with Gasteiger partial charge in [0.15, 0.2) is 27.8 Å². The summed E-state index contributed by atoms with van der Waals surface area (Å²) in [5.74, 6) is 2.55. The molecule has 2 heterocycles. The van der Waals surface area contributed by atoms with E-state index in [2.05, 4.69) is 18.2 Å². The molecule has 1 aromatic heterocycles. The standard InChI is InChI=1S/C38H34N2O5S/c1-4-44-33-20-25(14-18-31(33)45-23-24-10-6-5-7-11-24)21-34-37(41)40-36(27-16-19-30(42-2)32(22-27)43-3)29-17-15-26-12-8-9-13-28(26)35(29)39-38(40)46-34/h5-14,16,18-22,36H,4,15,17,23H2,1-3H3. The van der Waals surface area contributed by atoms with Crippen LogP contribution in [0.5, 0.6) is 23.0 Å². The Labute approximate surface area is 271 Å². The Bertz CT molecular complexity index is 2130. The van der Waals surface area contributed by atoms with Gasteiger partial charge in [0.25, 0.3) is 5.56 Å². The van der Waals surface area contributed by atoms with Crippen LogP contribution in [0.15, 0.2) is 106 Å². The number of ether oxygens (including phenoxy) is 4. The second kappa shape index (κ2) is 12.7. The fourth-order valence-corrected chi connectivity index (χ4v) is 7.23. The predicted octanol–water partition coefficient (Wildman–Crippen LogP) is 6.31. The molecule has 1 unspecified atom stereocenters. The first-order chi connectivity index (χ1) is 22.6. The highest BCUT2D eigenvalue weighted by molar-refractivity contribution is 7.07. The minimum absolute atomic E-state index is 0.0868. The van der Waals surface area contributed by atoms with Crippen LogP contribution in [0.3, 0.4) is 0 Å². The van der Waals surface area contributed by atoms with Crippen LogP contribution in [0.25, 0.3) is 11.8 Å². The molecule has 0 bridgehead atoms. The van der Waals surface area contributed by atoms with Crippen LogP contribution < -0.4 is 33.8 Å². The largest absolute Gasteiger partial charge is 0.493 e. The van der Waals surface area contributed by atoms with Gasteiger partial charge in [-0.25, -0.2) is 4.99 Å². The van der Waals surface area contributed by atoms with Crippen LogP contribution in [-0.4, -0.2) is 25.4 Å². The van der Waals surface area contributed by atoms with Crippen molar-refractivity contribution in [2.75, 3.05) is 20.8 Å². The molecule has 2 aliphatic rings. The van der Waals surface area contributed by atoms with Crippen molar-refractivity contribution >= 4 is 23.1 Å². The maximum atomic E-state index is 14.3. The number of hydrogen-bond acceptors (Lipinski definition) is 7. The van der Waals surface area contributed by atoms with Gasteiger partial charge in [-0.3, -0.25) is 9.36 Å². The molecule has 46 heavy (non-hydrogen) atoms. The molecule has 1 aliphatic heterocycles. The summed E-state index contributed by atoms with van der Waals surface area (Å²) in [7, 11) is 3.25. The summed E-state index contributed by atoms with van der Waals surface area (Å²) >= 11 is 1.40. The minimum atomic E-state index is -0.325. The number of thiazole rings is 1. The Balaban J connectivity index is 1.34. The van der Waals surface area contributed by atoms with E-state index in [0.29, 0.717) is 45.5 Å². The molecular formula is C38H34N2O5S. The average molecular weight is 631 g/mol. The fourth-order valence-electron chi connectivity index (χ4n) is 6.23. The van der Waals surface area contributed by atoms with Crippen LogP contribution in [0, 0.1) is 0 Å². The Morgan fingerprint density at radius 1 is 0.848 bits per heavy atom. The highest BCUT2D eigenvalue weighted by atomic mass is 32.1. The lowest BCUT2D eigenvalue weighted by molar-refractivity contribution is 0.269. The summed E-state index contributed by atoms with van der Waals surface area (Å²) in [6.45, 7) is 2.87. The highest BCUT2D eigenvalue weighted by Crippen LogP contribution is 2.43. The molecule has 0 spiro atoms. The topological polar surface area (TPSA) is 71.3 Å². The molecular weight excluding hydrogens is 596 g/mol. The van der Waals surface area contributed by atoms with Gasteiger partial charge in [0.2, 0.25) is 0 Å². The summed E-state index contributed by atoms with van der Waals surface area (Å²) in [5.41, 5.74) is 7.26. The number of hydrogen-bond donors (Lipinski definition) is 0. The van der Waals surface area contributed by atoms with Crippen LogP contribution in [0.4, 0.5) is 0 Å². The van der Waals surface area contributed by atoms with E-state index in [1.165, 1.54) is 16.9 Å². The molecule has 1 aliphatic carbocycles. The summed E-state index contributed by atoms with van der Waals surface area (Å²) < 4.78 is 25.7. The summed E-state index contributed by atoms with van der Waals surface area (Å²) in [6.07, 6.45) is 3.61. The fraction of sp³-hybridized carbons (Fsp3) is 0.211. The van der Waals surface area contributed by atoms with Crippen molar-refractivity contribution in [3.05, 3.63) is 144 Å². The molecule has 0 saturated heterocycles. The third-order valence-electron chi connectivity index (χ3n) is 8.40. The quantitative estimate of drug-likeness (QED) is 0.191. The summed E-state index contributed by atoms with van der Waals surface area (Å²) in [5, 5.41) is 0. The molecule has 0 fully saturated rings. The minimum Gasteiger partial charge on any atom is -0.493 e. The van der Waals surface area contributed by atoms with E-state index in [1.807, 2.05) is 90.4 Å². The van der Waals surface area contributed by atoms with Gasteiger partial charge >= 0.3 is 0 Å². The molecule has 0 N–H and O–H groups in total. The summed E-state index contributed by atoms with van der Waals surface area (Å²) in [4.78, 5) is 20.1. The lowest BCUT2D eigenvalue weighted by atomic mass is 9.83. The van der Waals surface area contributed by atoms with Crippen molar-refractivity contribution in [2.24, 2.45) is 4.99 Å². The molecule has 7 nitrogen and oxygen atoms in total. The first-order valence-electron chi connectivity index (χ1n) is 15.4. The SMILES string of the molecule is CCOc1cc(C=c2sc3n(c2=O)C(c2ccc(OC)c(OC)c2)C2=C(N=3)c3ccccc3CC2)ccc1OCc1ccccc1. The predicted molar refractivity (Wildman–Crippen MR) is 181 cm³/mol. The normalized spacial score (nSPS) is 15.4. The van der Waals surface area contributed by atoms with Gasteiger partial charge in [-0.05, 0) is 77.9 Å².